The standard InChI is InChI=1S/C25H39N5OS.C2H6.CH2O/c1-21(15-31)30(20-27-13-23(32-4)12-26-3)11-10-28-24(2)16-25(17-24)18-29(19-25)14-22-8-6-5-7-9-22;2*1-2/h5-9,12-13,21,28,31H,3,10-11,14-20H2,1-2,4H3;1-2H3;1H2/b23-12+,27-13-;;. The first-order chi connectivity index (χ1) is 17.4. The van der Waals surface area contributed by atoms with Crippen LogP contribution in [0.3, 0.4) is 0 Å². The van der Waals surface area contributed by atoms with Gasteiger partial charge in [0, 0.05) is 61.6 Å². The third-order valence-electron chi connectivity index (χ3n) is 6.67. The lowest BCUT2D eigenvalue weighted by Crippen LogP contribution is -2.70. The van der Waals surface area contributed by atoms with Gasteiger partial charge in [0.15, 0.2) is 0 Å². The number of aliphatic imine (C=N–C) groups is 2. The van der Waals surface area contributed by atoms with E-state index in [2.05, 4.69) is 69.1 Å². The maximum atomic E-state index is 9.64. The van der Waals surface area contributed by atoms with Crippen LogP contribution in [-0.2, 0) is 11.3 Å². The summed E-state index contributed by atoms with van der Waals surface area (Å²) < 4.78 is 0. The van der Waals surface area contributed by atoms with Crippen LogP contribution in [0.4, 0.5) is 0 Å². The van der Waals surface area contributed by atoms with E-state index in [1.807, 2.05) is 40.0 Å². The molecule has 0 radical (unpaired) electrons. The molecule has 2 N–H and O–H groups in total. The second-order valence-corrected chi connectivity index (χ2v) is 10.6. The predicted octanol–water partition coefficient (Wildman–Crippen LogP) is 4.09. The molecule has 1 saturated heterocycles. The molecular weight excluding hydrogens is 470 g/mol. The Morgan fingerprint density at radius 3 is 2.47 bits per heavy atom. The molecule has 1 atom stereocenters. The van der Waals surface area contributed by atoms with Crippen LogP contribution in [0, 0.1) is 5.41 Å². The van der Waals surface area contributed by atoms with Gasteiger partial charge < -0.3 is 15.2 Å². The van der Waals surface area contributed by atoms with E-state index in [4.69, 9.17) is 4.79 Å². The number of nitrogens with zero attached hydrogens (tertiary/aromatic N) is 4. The number of carbonyl (C=O) groups is 1. The number of aliphatic hydroxyl groups excluding tert-OH is 1. The molecule has 1 aromatic carbocycles. The van der Waals surface area contributed by atoms with Gasteiger partial charge in [-0.3, -0.25) is 19.8 Å². The quantitative estimate of drug-likeness (QED) is 0.384. The van der Waals surface area contributed by atoms with E-state index in [0.717, 1.165) is 24.5 Å². The Morgan fingerprint density at radius 2 is 1.92 bits per heavy atom. The average Bonchev–Trinajstić information content (AvgIpc) is 2.87. The fourth-order valence-electron chi connectivity index (χ4n) is 5.32. The zero-order chi connectivity index (χ0) is 27.0. The fraction of sp³-hybridized carbons (Fsp3) is 0.607. The molecule has 3 rings (SSSR count). The lowest BCUT2D eigenvalue weighted by molar-refractivity contribution is -0.115. The largest absolute Gasteiger partial charge is 0.395 e. The maximum absolute atomic E-state index is 9.64. The highest BCUT2D eigenvalue weighted by Gasteiger charge is 2.57. The molecule has 0 aromatic heterocycles. The molecule has 2 aliphatic rings. The predicted molar refractivity (Wildman–Crippen MR) is 156 cm³/mol. The van der Waals surface area contributed by atoms with E-state index >= 15 is 0 Å². The summed E-state index contributed by atoms with van der Waals surface area (Å²) in [5, 5.41) is 13.4. The molecule has 0 amide bonds. The number of aliphatic hydroxyl groups is 1. The lowest BCUT2D eigenvalue weighted by atomic mass is 9.54. The van der Waals surface area contributed by atoms with E-state index in [1.165, 1.54) is 31.5 Å². The first-order valence-electron chi connectivity index (χ1n) is 12.8. The number of nitrogens with one attached hydrogen (secondary N) is 1. The normalized spacial score (nSPS) is 18.9. The van der Waals surface area contributed by atoms with Crippen LogP contribution in [0.25, 0.3) is 0 Å². The van der Waals surface area contributed by atoms with Crippen molar-refractivity contribution in [1.29, 1.82) is 0 Å². The number of carbonyl (C=O) groups excluding carboxylic acids is 1. The molecule has 1 spiro atoms. The molecule has 1 aliphatic heterocycles. The van der Waals surface area contributed by atoms with Crippen LogP contribution in [0.15, 0.2) is 51.4 Å². The van der Waals surface area contributed by atoms with Gasteiger partial charge in [-0.2, -0.15) is 0 Å². The van der Waals surface area contributed by atoms with Crippen LogP contribution in [0.1, 0.15) is 46.1 Å². The van der Waals surface area contributed by atoms with E-state index in [9.17, 15) is 5.11 Å². The van der Waals surface area contributed by atoms with Crippen LogP contribution in [0.2, 0.25) is 0 Å². The summed E-state index contributed by atoms with van der Waals surface area (Å²) in [6.07, 6.45) is 8.03. The van der Waals surface area contributed by atoms with E-state index in [-0.39, 0.29) is 18.2 Å². The van der Waals surface area contributed by atoms with Gasteiger partial charge in [-0.15, -0.1) is 11.8 Å². The first-order valence-corrected chi connectivity index (χ1v) is 14.0. The summed E-state index contributed by atoms with van der Waals surface area (Å²) in [4.78, 5) is 22.1. The second-order valence-electron chi connectivity index (χ2n) is 9.69. The van der Waals surface area contributed by atoms with Crippen molar-refractivity contribution in [3.8, 4) is 0 Å². The Morgan fingerprint density at radius 1 is 1.28 bits per heavy atom. The second kappa shape index (κ2) is 16.8. The Labute approximate surface area is 223 Å². The Kier molecular flexibility index (Phi) is 15.0. The van der Waals surface area contributed by atoms with Gasteiger partial charge in [-0.1, -0.05) is 44.2 Å². The van der Waals surface area contributed by atoms with Crippen LogP contribution >= 0.6 is 11.8 Å². The van der Waals surface area contributed by atoms with Gasteiger partial charge in [0.25, 0.3) is 0 Å². The van der Waals surface area contributed by atoms with Gasteiger partial charge in [0.1, 0.15) is 6.79 Å². The molecule has 8 heteroatoms. The number of hydrogen-bond donors (Lipinski definition) is 2. The molecule has 1 heterocycles. The number of thioether (sulfide) groups is 1. The van der Waals surface area contributed by atoms with Crippen molar-refractivity contribution in [2.24, 2.45) is 15.4 Å². The van der Waals surface area contributed by atoms with Crippen LogP contribution < -0.4 is 5.32 Å². The Balaban J connectivity index is 0.00000154. The molecular formula is C28H47N5O2S. The van der Waals surface area contributed by atoms with Crippen molar-refractivity contribution in [1.82, 2.24) is 15.1 Å². The summed E-state index contributed by atoms with van der Waals surface area (Å²) >= 11 is 1.59. The fourth-order valence-corrected chi connectivity index (χ4v) is 5.68. The van der Waals surface area contributed by atoms with Crippen LogP contribution in [-0.4, -0.2) is 91.9 Å². The highest BCUT2D eigenvalue weighted by molar-refractivity contribution is 8.03. The van der Waals surface area contributed by atoms with Crippen molar-refractivity contribution < 1.29 is 9.90 Å². The number of rotatable bonds is 13. The summed E-state index contributed by atoms with van der Waals surface area (Å²) in [5.74, 6) is 0. The zero-order valence-corrected chi connectivity index (χ0v) is 23.8. The summed E-state index contributed by atoms with van der Waals surface area (Å²) in [6.45, 7) is 19.9. The van der Waals surface area contributed by atoms with Crippen molar-refractivity contribution in [2.75, 3.05) is 45.7 Å². The maximum Gasteiger partial charge on any atom is 0.106 e. The molecule has 1 unspecified atom stereocenters. The minimum absolute atomic E-state index is 0.0758. The minimum Gasteiger partial charge on any atom is -0.395 e. The van der Waals surface area contributed by atoms with Crippen molar-refractivity contribution in [2.45, 2.75) is 58.7 Å². The zero-order valence-electron chi connectivity index (χ0n) is 22.9. The SMILES string of the molecule is C=N/C=C(\C=N/CN(CCNC1(C)CC2(CN(Cc3ccccc3)C2)C1)C(C)CO)SC.C=O.CC. The minimum atomic E-state index is 0.0758. The molecule has 202 valence electrons. The molecule has 36 heavy (non-hydrogen) atoms. The van der Waals surface area contributed by atoms with Crippen molar-refractivity contribution in [3.05, 3.63) is 47.0 Å². The molecule has 1 aliphatic carbocycles. The summed E-state index contributed by atoms with van der Waals surface area (Å²) in [6, 6.07) is 10.8. The van der Waals surface area contributed by atoms with Gasteiger partial charge >= 0.3 is 0 Å². The van der Waals surface area contributed by atoms with Gasteiger partial charge in [-0.05, 0) is 50.6 Å². The highest BCUT2D eigenvalue weighted by atomic mass is 32.2. The van der Waals surface area contributed by atoms with Crippen molar-refractivity contribution >= 4 is 31.5 Å². The lowest BCUT2D eigenvalue weighted by Gasteiger charge is -2.64. The van der Waals surface area contributed by atoms with E-state index < -0.39 is 0 Å². The molecule has 1 saturated carbocycles. The van der Waals surface area contributed by atoms with Crippen LogP contribution in [0.5, 0.6) is 0 Å². The van der Waals surface area contributed by atoms with Gasteiger partial charge in [-0.25, -0.2) is 0 Å². The first kappa shape index (κ1) is 32.2. The summed E-state index contributed by atoms with van der Waals surface area (Å²) in [5.41, 5.74) is 2.14. The number of benzene rings is 1. The monoisotopic (exact) mass is 517 g/mol. The number of hydrogen-bond acceptors (Lipinski definition) is 8. The Hall–Kier alpha value is -1.84. The average molecular weight is 518 g/mol. The third-order valence-corrected chi connectivity index (χ3v) is 7.35. The van der Waals surface area contributed by atoms with Crippen molar-refractivity contribution in [3.63, 3.8) is 0 Å². The van der Waals surface area contributed by atoms with Gasteiger partial charge in [0.05, 0.1) is 13.3 Å². The highest BCUT2D eigenvalue weighted by Crippen LogP contribution is 2.54. The van der Waals surface area contributed by atoms with E-state index in [0.29, 0.717) is 12.1 Å². The molecule has 0 bridgehead atoms. The number of allylic oxidation sites excluding steroid dienone is 1. The third kappa shape index (κ3) is 9.90. The smallest absolute Gasteiger partial charge is 0.106 e. The molecule has 2 fully saturated rings. The Bertz CT molecular complexity index is 803. The van der Waals surface area contributed by atoms with E-state index in [1.54, 1.807) is 18.0 Å². The topological polar surface area (TPSA) is 80.5 Å². The number of likely N-dealkylation sites (tertiary alicyclic amines) is 1. The summed E-state index contributed by atoms with van der Waals surface area (Å²) in [7, 11) is 0. The molecule has 1 aromatic rings. The van der Waals surface area contributed by atoms with Gasteiger partial charge in [0.2, 0.25) is 0 Å². The molecule has 7 nitrogen and oxygen atoms in total.